The van der Waals surface area contributed by atoms with Gasteiger partial charge in [0, 0.05) is 21.3 Å². The summed E-state index contributed by atoms with van der Waals surface area (Å²) in [5, 5.41) is 5.31. The third-order valence-corrected chi connectivity index (χ3v) is 7.05. The second-order valence-corrected chi connectivity index (χ2v) is 9.25. The SMILES string of the molecule is O=c1c2ccccc2nc(C2CCCCC2)n1N=Cc1ccccc1Sc1ccccc1. The van der Waals surface area contributed by atoms with Crippen LogP contribution in [0.5, 0.6) is 0 Å². The molecule has 1 saturated carbocycles. The Bertz CT molecular complexity index is 1310. The van der Waals surface area contributed by atoms with Crippen LogP contribution < -0.4 is 5.56 Å². The Kier molecular flexibility index (Phi) is 6.17. The minimum absolute atomic E-state index is 0.0967. The van der Waals surface area contributed by atoms with E-state index in [1.807, 2.05) is 60.7 Å². The molecule has 0 spiro atoms. The van der Waals surface area contributed by atoms with E-state index in [2.05, 4.69) is 18.2 Å². The van der Waals surface area contributed by atoms with Crippen LogP contribution in [-0.4, -0.2) is 15.9 Å². The van der Waals surface area contributed by atoms with E-state index in [4.69, 9.17) is 10.1 Å². The van der Waals surface area contributed by atoms with Crippen molar-refractivity contribution in [3.05, 3.63) is 101 Å². The van der Waals surface area contributed by atoms with Gasteiger partial charge in [-0.3, -0.25) is 4.79 Å². The van der Waals surface area contributed by atoms with Crippen molar-refractivity contribution in [1.82, 2.24) is 9.66 Å². The van der Waals surface area contributed by atoms with E-state index in [0.29, 0.717) is 5.39 Å². The van der Waals surface area contributed by atoms with Crippen LogP contribution in [0.4, 0.5) is 0 Å². The number of benzene rings is 3. The van der Waals surface area contributed by atoms with Gasteiger partial charge in [0.15, 0.2) is 0 Å². The Hall–Kier alpha value is -3.18. The average Bonchev–Trinajstić information content (AvgIpc) is 2.85. The van der Waals surface area contributed by atoms with E-state index >= 15 is 0 Å². The van der Waals surface area contributed by atoms with E-state index in [0.717, 1.165) is 34.6 Å². The normalized spacial score (nSPS) is 14.9. The van der Waals surface area contributed by atoms with Crippen molar-refractivity contribution < 1.29 is 0 Å². The average molecular weight is 440 g/mol. The first-order valence-corrected chi connectivity index (χ1v) is 12.0. The summed E-state index contributed by atoms with van der Waals surface area (Å²) in [6, 6.07) is 26.0. The molecular weight excluding hydrogens is 414 g/mol. The van der Waals surface area contributed by atoms with Crippen molar-refractivity contribution >= 4 is 28.9 Å². The highest BCUT2D eigenvalue weighted by Crippen LogP contribution is 2.32. The summed E-state index contributed by atoms with van der Waals surface area (Å²) in [7, 11) is 0. The zero-order valence-corrected chi connectivity index (χ0v) is 18.7. The number of rotatable bonds is 5. The molecule has 0 atom stereocenters. The third-order valence-electron chi connectivity index (χ3n) is 5.95. The molecule has 1 aliphatic carbocycles. The molecule has 4 aromatic rings. The van der Waals surface area contributed by atoms with Crippen molar-refractivity contribution in [2.45, 2.75) is 47.8 Å². The minimum atomic E-state index is -0.0967. The van der Waals surface area contributed by atoms with Gasteiger partial charge in [-0.1, -0.05) is 79.6 Å². The van der Waals surface area contributed by atoms with Gasteiger partial charge < -0.3 is 0 Å². The number of aromatic nitrogens is 2. The van der Waals surface area contributed by atoms with E-state index in [9.17, 15) is 4.79 Å². The maximum atomic E-state index is 13.4. The molecule has 0 bridgehead atoms. The van der Waals surface area contributed by atoms with Crippen molar-refractivity contribution in [1.29, 1.82) is 0 Å². The third kappa shape index (κ3) is 4.39. The van der Waals surface area contributed by atoms with Crippen molar-refractivity contribution in [2.24, 2.45) is 5.10 Å². The molecule has 0 aliphatic heterocycles. The fraction of sp³-hybridized carbons (Fsp3) is 0.222. The first-order valence-electron chi connectivity index (χ1n) is 11.2. The Balaban J connectivity index is 1.57. The lowest BCUT2D eigenvalue weighted by molar-refractivity contribution is 0.416. The lowest BCUT2D eigenvalue weighted by atomic mass is 9.88. The molecule has 5 rings (SSSR count). The van der Waals surface area contributed by atoms with Gasteiger partial charge in [-0.15, -0.1) is 0 Å². The second-order valence-electron chi connectivity index (χ2n) is 8.14. The summed E-state index contributed by atoms with van der Waals surface area (Å²) in [5.74, 6) is 1.06. The van der Waals surface area contributed by atoms with Gasteiger partial charge in [0.05, 0.1) is 17.1 Å². The van der Waals surface area contributed by atoms with Crippen molar-refractivity contribution in [2.75, 3.05) is 0 Å². The monoisotopic (exact) mass is 439 g/mol. The lowest BCUT2D eigenvalue weighted by Crippen LogP contribution is -2.25. The summed E-state index contributed by atoms with van der Waals surface area (Å²) in [4.78, 5) is 20.6. The van der Waals surface area contributed by atoms with Crippen molar-refractivity contribution in [3.63, 3.8) is 0 Å². The van der Waals surface area contributed by atoms with Crippen LogP contribution in [0.15, 0.2) is 98.5 Å². The predicted molar refractivity (Wildman–Crippen MR) is 132 cm³/mol. The van der Waals surface area contributed by atoms with E-state index in [1.54, 1.807) is 22.7 Å². The van der Waals surface area contributed by atoms with Gasteiger partial charge in [0.25, 0.3) is 5.56 Å². The second kappa shape index (κ2) is 9.53. The molecule has 3 aromatic carbocycles. The molecule has 0 saturated heterocycles. The molecular formula is C27H25N3OS. The van der Waals surface area contributed by atoms with Crippen LogP contribution in [0.1, 0.15) is 49.4 Å². The van der Waals surface area contributed by atoms with Gasteiger partial charge in [0.1, 0.15) is 5.82 Å². The Morgan fingerprint density at radius 2 is 1.59 bits per heavy atom. The van der Waals surface area contributed by atoms with Crippen molar-refractivity contribution in [3.8, 4) is 0 Å². The number of hydrogen-bond donors (Lipinski definition) is 0. The molecule has 0 N–H and O–H groups in total. The predicted octanol–water partition coefficient (Wildman–Crippen LogP) is 6.48. The maximum Gasteiger partial charge on any atom is 0.282 e. The quantitative estimate of drug-likeness (QED) is 0.335. The van der Waals surface area contributed by atoms with Gasteiger partial charge >= 0.3 is 0 Å². The first kappa shape index (κ1) is 20.7. The first-order chi connectivity index (χ1) is 15.8. The number of fused-ring (bicyclic) bond motifs is 1. The van der Waals surface area contributed by atoms with Crippen LogP contribution in [-0.2, 0) is 0 Å². The summed E-state index contributed by atoms with van der Waals surface area (Å²) >= 11 is 1.69. The van der Waals surface area contributed by atoms with Gasteiger partial charge in [-0.25, -0.2) is 4.98 Å². The molecule has 32 heavy (non-hydrogen) atoms. The minimum Gasteiger partial charge on any atom is -0.267 e. The molecule has 1 fully saturated rings. The fourth-order valence-electron chi connectivity index (χ4n) is 4.29. The van der Waals surface area contributed by atoms with Crippen LogP contribution in [0.2, 0.25) is 0 Å². The number of nitrogens with zero attached hydrogens (tertiary/aromatic N) is 3. The van der Waals surface area contributed by atoms with E-state index in [-0.39, 0.29) is 11.5 Å². The maximum absolute atomic E-state index is 13.4. The number of para-hydroxylation sites is 1. The highest BCUT2D eigenvalue weighted by atomic mass is 32.2. The van der Waals surface area contributed by atoms with Crippen LogP contribution >= 0.6 is 11.8 Å². The van der Waals surface area contributed by atoms with Gasteiger partial charge in [0.2, 0.25) is 0 Å². The highest BCUT2D eigenvalue weighted by Gasteiger charge is 2.22. The van der Waals surface area contributed by atoms with Crippen LogP contribution in [0.3, 0.4) is 0 Å². The molecule has 4 nitrogen and oxygen atoms in total. The molecule has 0 amide bonds. The Morgan fingerprint density at radius 1 is 0.875 bits per heavy atom. The summed E-state index contributed by atoms with van der Waals surface area (Å²) in [6.07, 6.45) is 7.51. The largest absolute Gasteiger partial charge is 0.282 e. The molecule has 1 heterocycles. The summed E-state index contributed by atoms with van der Waals surface area (Å²) < 4.78 is 1.54. The Morgan fingerprint density at radius 3 is 2.44 bits per heavy atom. The molecule has 1 aromatic heterocycles. The molecule has 160 valence electrons. The molecule has 0 radical (unpaired) electrons. The molecule has 1 aliphatic rings. The summed E-state index contributed by atoms with van der Waals surface area (Å²) in [5.41, 5.74) is 1.64. The lowest BCUT2D eigenvalue weighted by Gasteiger charge is -2.22. The van der Waals surface area contributed by atoms with E-state index < -0.39 is 0 Å². The zero-order valence-electron chi connectivity index (χ0n) is 17.9. The van der Waals surface area contributed by atoms with Gasteiger partial charge in [-0.05, 0) is 43.2 Å². The standard InChI is InChI=1S/C27H25N3OS/c31-27-23-16-8-9-17-24(23)29-26(20-11-3-1-4-12-20)30(27)28-19-21-13-7-10-18-25(21)32-22-14-5-2-6-15-22/h2,5-10,13-20H,1,3-4,11-12H2. The zero-order chi connectivity index (χ0) is 21.8. The highest BCUT2D eigenvalue weighted by molar-refractivity contribution is 7.99. The van der Waals surface area contributed by atoms with E-state index in [1.165, 1.54) is 24.2 Å². The Labute approximate surface area is 192 Å². The number of hydrogen-bond acceptors (Lipinski definition) is 4. The molecule has 0 unspecified atom stereocenters. The summed E-state index contributed by atoms with van der Waals surface area (Å²) in [6.45, 7) is 0. The fourth-order valence-corrected chi connectivity index (χ4v) is 5.23. The molecule has 5 heteroatoms. The van der Waals surface area contributed by atoms with Gasteiger partial charge in [-0.2, -0.15) is 9.78 Å². The van der Waals surface area contributed by atoms with Crippen LogP contribution in [0.25, 0.3) is 10.9 Å². The smallest absolute Gasteiger partial charge is 0.267 e. The topological polar surface area (TPSA) is 47.2 Å². The van der Waals surface area contributed by atoms with Crippen LogP contribution in [0, 0.1) is 0 Å².